The van der Waals surface area contributed by atoms with Crippen LogP contribution in [0.1, 0.15) is 19.6 Å². The molecule has 1 aromatic carbocycles. The van der Waals surface area contributed by atoms with Gasteiger partial charge in [0, 0.05) is 10.6 Å². The molecule has 0 aliphatic carbocycles. The van der Waals surface area contributed by atoms with Crippen molar-refractivity contribution in [2.75, 3.05) is 6.61 Å². The standard InChI is InChI=1S/C17H14Cl2O4/c1-3-22-17(21)13(10(2)20)9-12-5-7-16(23-12)14-8-11(18)4-6-15(14)19/h4-9H,3H2,1-2H3. The second-order valence-electron chi connectivity index (χ2n) is 4.66. The molecule has 1 aromatic heterocycles. The van der Waals surface area contributed by atoms with E-state index >= 15 is 0 Å². The number of furan rings is 1. The summed E-state index contributed by atoms with van der Waals surface area (Å²) in [6.45, 7) is 3.15. The van der Waals surface area contributed by atoms with Gasteiger partial charge in [-0.05, 0) is 50.3 Å². The molecule has 0 fully saturated rings. The number of Topliss-reactive ketones (excluding diaryl/α,β-unsaturated/α-hetero) is 1. The lowest BCUT2D eigenvalue weighted by molar-refractivity contribution is -0.139. The van der Waals surface area contributed by atoms with Gasteiger partial charge < -0.3 is 9.15 Å². The van der Waals surface area contributed by atoms with E-state index in [0.29, 0.717) is 27.1 Å². The number of ketones is 1. The lowest BCUT2D eigenvalue weighted by Gasteiger charge is -2.03. The molecular weight excluding hydrogens is 339 g/mol. The molecule has 1 heterocycles. The van der Waals surface area contributed by atoms with Crippen LogP contribution in [0.4, 0.5) is 0 Å². The number of rotatable bonds is 5. The highest BCUT2D eigenvalue weighted by atomic mass is 35.5. The first-order chi connectivity index (χ1) is 10.9. The predicted molar refractivity (Wildman–Crippen MR) is 89.5 cm³/mol. The molecule has 0 bridgehead atoms. The Balaban J connectivity index is 2.37. The zero-order chi connectivity index (χ0) is 17.0. The molecule has 0 radical (unpaired) electrons. The average molecular weight is 353 g/mol. The molecule has 0 aliphatic heterocycles. The normalized spacial score (nSPS) is 11.4. The SMILES string of the molecule is CCOC(=O)C(=Cc1ccc(-c2cc(Cl)ccc2Cl)o1)C(C)=O. The van der Waals surface area contributed by atoms with E-state index in [2.05, 4.69) is 0 Å². The van der Waals surface area contributed by atoms with Gasteiger partial charge in [-0.3, -0.25) is 4.79 Å². The van der Waals surface area contributed by atoms with Crippen molar-refractivity contribution in [3.63, 3.8) is 0 Å². The largest absolute Gasteiger partial charge is 0.462 e. The Morgan fingerprint density at radius 1 is 1.22 bits per heavy atom. The van der Waals surface area contributed by atoms with Gasteiger partial charge in [0.1, 0.15) is 17.1 Å². The summed E-state index contributed by atoms with van der Waals surface area (Å²) in [7, 11) is 0. The molecule has 120 valence electrons. The highest BCUT2D eigenvalue weighted by Crippen LogP contribution is 2.32. The van der Waals surface area contributed by atoms with Gasteiger partial charge in [-0.15, -0.1) is 0 Å². The molecule has 0 atom stereocenters. The van der Waals surface area contributed by atoms with Crippen LogP contribution in [0, 0.1) is 0 Å². The van der Waals surface area contributed by atoms with Crippen molar-refractivity contribution in [2.45, 2.75) is 13.8 Å². The van der Waals surface area contributed by atoms with Crippen LogP contribution in [-0.4, -0.2) is 18.4 Å². The minimum absolute atomic E-state index is 0.0788. The second kappa shape index (κ2) is 7.49. The van der Waals surface area contributed by atoms with Gasteiger partial charge in [0.2, 0.25) is 0 Å². The molecule has 2 aromatic rings. The van der Waals surface area contributed by atoms with Crippen LogP contribution in [-0.2, 0) is 14.3 Å². The molecule has 0 saturated carbocycles. The first kappa shape index (κ1) is 17.3. The Labute approximate surface area is 143 Å². The van der Waals surface area contributed by atoms with Crippen molar-refractivity contribution in [3.05, 3.63) is 51.7 Å². The van der Waals surface area contributed by atoms with Crippen LogP contribution in [0.5, 0.6) is 0 Å². The summed E-state index contributed by atoms with van der Waals surface area (Å²) < 4.78 is 10.5. The Bertz CT molecular complexity index is 775. The molecule has 0 spiro atoms. The summed E-state index contributed by atoms with van der Waals surface area (Å²) in [4.78, 5) is 23.4. The number of carbonyl (C=O) groups excluding carboxylic acids is 2. The number of benzene rings is 1. The fraction of sp³-hybridized carbons (Fsp3) is 0.176. The third kappa shape index (κ3) is 4.24. The Kier molecular flexibility index (Phi) is 5.64. The third-order valence-electron chi connectivity index (χ3n) is 2.98. The van der Waals surface area contributed by atoms with E-state index in [0.717, 1.165) is 0 Å². The van der Waals surface area contributed by atoms with Gasteiger partial charge in [0.25, 0.3) is 0 Å². The molecule has 0 N–H and O–H groups in total. The van der Waals surface area contributed by atoms with Crippen molar-refractivity contribution < 1.29 is 18.7 Å². The minimum Gasteiger partial charge on any atom is -0.462 e. The summed E-state index contributed by atoms with van der Waals surface area (Å²) in [5.41, 5.74) is 0.546. The maximum atomic E-state index is 11.8. The molecule has 23 heavy (non-hydrogen) atoms. The van der Waals surface area contributed by atoms with Gasteiger partial charge in [0.15, 0.2) is 5.78 Å². The van der Waals surface area contributed by atoms with Crippen LogP contribution in [0.25, 0.3) is 17.4 Å². The van der Waals surface area contributed by atoms with Crippen molar-refractivity contribution in [1.29, 1.82) is 0 Å². The number of carbonyl (C=O) groups is 2. The molecule has 0 unspecified atom stereocenters. The number of esters is 1. The minimum atomic E-state index is -0.682. The van der Waals surface area contributed by atoms with E-state index in [-0.39, 0.29) is 12.2 Å². The monoisotopic (exact) mass is 352 g/mol. The Hall–Kier alpha value is -2.04. The highest BCUT2D eigenvalue weighted by Gasteiger charge is 2.17. The van der Waals surface area contributed by atoms with Gasteiger partial charge in [-0.1, -0.05) is 23.2 Å². The molecule has 0 aliphatic rings. The van der Waals surface area contributed by atoms with Crippen LogP contribution >= 0.6 is 23.2 Å². The predicted octanol–water partition coefficient (Wildman–Crippen LogP) is 4.79. The quantitative estimate of drug-likeness (QED) is 0.336. The van der Waals surface area contributed by atoms with Crippen LogP contribution in [0.2, 0.25) is 10.0 Å². The molecule has 2 rings (SSSR count). The van der Waals surface area contributed by atoms with Crippen molar-refractivity contribution in [3.8, 4) is 11.3 Å². The van der Waals surface area contributed by atoms with E-state index in [1.807, 2.05) is 0 Å². The van der Waals surface area contributed by atoms with Crippen molar-refractivity contribution >= 4 is 41.0 Å². The molecule has 0 amide bonds. The van der Waals surface area contributed by atoms with E-state index < -0.39 is 11.8 Å². The van der Waals surface area contributed by atoms with E-state index in [9.17, 15) is 9.59 Å². The Morgan fingerprint density at radius 3 is 2.61 bits per heavy atom. The van der Waals surface area contributed by atoms with E-state index in [4.69, 9.17) is 32.4 Å². The molecule has 4 nitrogen and oxygen atoms in total. The summed E-state index contributed by atoms with van der Waals surface area (Å²) in [6.07, 6.45) is 1.35. The fourth-order valence-corrected chi connectivity index (χ4v) is 2.30. The first-order valence-electron chi connectivity index (χ1n) is 6.87. The molecule has 0 saturated heterocycles. The summed E-state index contributed by atoms with van der Waals surface area (Å²) in [6, 6.07) is 8.33. The maximum absolute atomic E-state index is 11.8. The smallest absolute Gasteiger partial charge is 0.341 e. The average Bonchev–Trinajstić information content (AvgIpc) is 2.95. The lowest BCUT2D eigenvalue weighted by atomic mass is 10.1. The summed E-state index contributed by atoms with van der Waals surface area (Å²) >= 11 is 12.1. The zero-order valence-electron chi connectivity index (χ0n) is 12.6. The number of hydrogen-bond donors (Lipinski definition) is 0. The highest BCUT2D eigenvalue weighted by molar-refractivity contribution is 6.35. The van der Waals surface area contributed by atoms with Gasteiger partial charge in [-0.25, -0.2) is 4.79 Å². The maximum Gasteiger partial charge on any atom is 0.341 e. The van der Waals surface area contributed by atoms with Gasteiger partial charge in [0.05, 0.1) is 11.6 Å². The van der Waals surface area contributed by atoms with Gasteiger partial charge >= 0.3 is 5.97 Å². The van der Waals surface area contributed by atoms with Crippen LogP contribution < -0.4 is 0 Å². The molecule has 6 heteroatoms. The number of hydrogen-bond acceptors (Lipinski definition) is 4. The topological polar surface area (TPSA) is 56.5 Å². The van der Waals surface area contributed by atoms with Crippen molar-refractivity contribution in [1.82, 2.24) is 0 Å². The lowest BCUT2D eigenvalue weighted by Crippen LogP contribution is -2.13. The molecular formula is C17H14Cl2O4. The van der Waals surface area contributed by atoms with Gasteiger partial charge in [-0.2, -0.15) is 0 Å². The fourth-order valence-electron chi connectivity index (χ4n) is 1.92. The first-order valence-corrected chi connectivity index (χ1v) is 7.63. The zero-order valence-corrected chi connectivity index (χ0v) is 14.1. The third-order valence-corrected chi connectivity index (χ3v) is 3.55. The van der Waals surface area contributed by atoms with Crippen molar-refractivity contribution in [2.24, 2.45) is 0 Å². The number of ether oxygens (including phenoxy) is 1. The second-order valence-corrected chi connectivity index (χ2v) is 5.50. The van der Waals surface area contributed by atoms with Crippen LogP contribution in [0.15, 0.2) is 40.3 Å². The summed E-state index contributed by atoms with van der Waals surface area (Å²) in [5.74, 6) is -0.259. The van der Waals surface area contributed by atoms with Crippen LogP contribution in [0.3, 0.4) is 0 Å². The summed E-state index contributed by atoms with van der Waals surface area (Å²) in [5, 5.41) is 1.00. The number of halogens is 2. The van der Waals surface area contributed by atoms with E-state index in [1.165, 1.54) is 13.0 Å². The Morgan fingerprint density at radius 2 is 1.96 bits per heavy atom. The van der Waals surface area contributed by atoms with E-state index in [1.54, 1.807) is 37.3 Å².